The molecule has 0 saturated carbocycles. The molecule has 1 aromatic carbocycles. The van der Waals surface area contributed by atoms with Crippen molar-refractivity contribution in [1.82, 2.24) is 0 Å². The van der Waals surface area contributed by atoms with E-state index < -0.39 is 0 Å². The van der Waals surface area contributed by atoms with Crippen LogP contribution in [0.25, 0.3) is 0 Å². The van der Waals surface area contributed by atoms with Crippen molar-refractivity contribution in [3.8, 4) is 6.07 Å². The van der Waals surface area contributed by atoms with Gasteiger partial charge in [-0.3, -0.25) is 0 Å². The molecular weight excluding hydrogens is 182 g/mol. The maximum atomic E-state index is 8.61. The topological polar surface area (TPSA) is 23.8 Å². The van der Waals surface area contributed by atoms with Crippen molar-refractivity contribution in [3.05, 3.63) is 34.9 Å². The fraction of sp³-hybridized carbons (Fsp3) is 0.364. The molecule has 0 aliphatic carbocycles. The summed E-state index contributed by atoms with van der Waals surface area (Å²) >= 11 is 5.77. The summed E-state index contributed by atoms with van der Waals surface area (Å²) in [4.78, 5) is 0. The van der Waals surface area contributed by atoms with E-state index in [1.165, 1.54) is 5.56 Å². The Kier molecular flexibility index (Phi) is 3.79. The van der Waals surface area contributed by atoms with Gasteiger partial charge in [-0.05, 0) is 30.0 Å². The molecule has 0 bridgehead atoms. The first-order valence-electron chi connectivity index (χ1n) is 4.40. The fourth-order valence-electron chi connectivity index (χ4n) is 1.34. The van der Waals surface area contributed by atoms with Crippen LogP contribution in [0.5, 0.6) is 0 Å². The Hall–Kier alpha value is -1.00. The molecule has 68 valence electrons. The molecule has 0 N–H and O–H groups in total. The minimum absolute atomic E-state index is 0.349. The molecule has 2 heteroatoms. The van der Waals surface area contributed by atoms with Crippen LogP contribution in [0.15, 0.2) is 24.3 Å². The van der Waals surface area contributed by atoms with Crippen LogP contribution in [0.3, 0.4) is 0 Å². The van der Waals surface area contributed by atoms with Crippen LogP contribution in [0.1, 0.15) is 31.2 Å². The Balaban J connectivity index is 2.80. The van der Waals surface area contributed by atoms with Gasteiger partial charge in [-0.1, -0.05) is 30.7 Å². The van der Waals surface area contributed by atoms with Gasteiger partial charge in [-0.2, -0.15) is 5.26 Å². The number of benzene rings is 1. The smallest absolute Gasteiger partial charge is 0.0628 e. The Morgan fingerprint density at radius 2 is 2.00 bits per heavy atom. The number of rotatable bonds is 3. The van der Waals surface area contributed by atoms with Crippen LogP contribution < -0.4 is 0 Å². The second-order valence-electron chi connectivity index (χ2n) is 3.02. The van der Waals surface area contributed by atoms with Gasteiger partial charge in [0.05, 0.1) is 6.07 Å². The zero-order valence-electron chi connectivity index (χ0n) is 7.63. The van der Waals surface area contributed by atoms with Gasteiger partial charge in [0.25, 0.3) is 0 Å². The molecule has 1 unspecified atom stereocenters. The van der Waals surface area contributed by atoms with E-state index in [1.54, 1.807) is 0 Å². The van der Waals surface area contributed by atoms with Gasteiger partial charge < -0.3 is 0 Å². The molecule has 13 heavy (non-hydrogen) atoms. The van der Waals surface area contributed by atoms with Crippen molar-refractivity contribution >= 4 is 11.6 Å². The molecule has 0 spiro atoms. The highest BCUT2D eigenvalue weighted by atomic mass is 35.5. The molecule has 0 aliphatic rings. The summed E-state index contributed by atoms with van der Waals surface area (Å²) in [7, 11) is 0. The van der Waals surface area contributed by atoms with Crippen molar-refractivity contribution in [2.45, 2.75) is 25.7 Å². The molecule has 1 rings (SSSR count). The number of halogens is 1. The van der Waals surface area contributed by atoms with Crippen molar-refractivity contribution < 1.29 is 0 Å². The lowest BCUT2D eigenvalue weighted by molar-refractivity contribution is 0.681. The largest absolute Gasteiger partial charge is 0.198 e. The van der Waals surface area contributed by atoms with Gasteiger partial charge in [-0.15, -0.1) is 0 Å². The lowest BCUT2D eigenvalue weighted by atomic mass is 9.94. The summed E-state index contributed by atoms with van der Waals surface area (Å²) in [5, 5.41) is 9.35. The summed E-state index contributed by atoms with van der Waals surface area (Å²) in [6.07, 6.45) is 1.58. The van der Waals surface area contributed by atoms with Crippen LogP contribution in [-0.2, 0) is 0 Å². The Morgan fingerprint density at radius 3 is 2.46 bits per heavy atom. The highest BCUT2D eigenvalue weighted by molar-refractivity contribution is 6.30. The minimum atomic E-state index is 0.349. The van der Waals surface area contributed by atoms with Crippen LogP contribution in [0, 0.1) is 11.3 Å². The SMILES string of the molecule is CCC(CC#N)c1ccc(Cl)cc1. The van der Waals surface area contributed by atoms with Gasteiger partial charge in [0.2, 0.25) is 0 Å². The first-order chi connectivity index (χ1) is 6.27. The Labute approximate surface area is 84.0 Å². The molecule has 0 amide bonds. The van der Waals surface area contributed by atoms with Gasteiger partial charge in [-0.25, -0.2) is 0 Å². The van der Waals surface area contributed by atoms with E-state index >= 15 is 0 Å². The van der Waals surface area contributed by atoms with Gasteiger partial charge in [0, 0.05) is 11.4 Å². The minimum Gasteiger partial charge on any atom is -0.198 e. The molecule has 0 saturated heterocycles. The molecule has 0 heterocycles. The zero-order valence-corrected chi connectivity index (χ0v) is 8.38. The van der Waals surface area contributed by atoms with Crippen molar-refractivity contribution in [3.63, 3.8) is 0 Å². The number of nitriles is 1. The fourth-order valence-corrected chi connectivity index (χ4v) is 1.47. The highest BCUT2D eigenvalue weighted by Crippen LogP contribution is 2.23. The predicted octanol–water partition coefficient (Wildman–Crippen LogP) is 3.75. The van der Waals surface area contributed by atoms with Crippen LogP contribution in [-0.4, -0.2) is 0 Å². The molecular formula is C11H12ClN. The van der Waals surface area contributed by atoms with E-state index in [-0.39, 0.29) is 0 Å². The molecule has 0 fully saturated rings. The molecule has 1 aromatic rings. The molecule has 1 atom stereocenters. The van der Waals surface area contributed by atoms with Gasteiger partial charge in [0.1, 0.15) is 0 Å². The molecule has 0 radical (unpaired) electrons. The monoisotopic (exact) mass is 193 g/mol. The van der Waals surface area contributed by atoms with E-state index in [1.807, 2.05) is 24.3 Å². The standard InChI is InChI=1S/C11H12ClN/c1-2-9(7-8-13)10-3-5-11(12)6-4-10/h3-6,9H,2,7H2,1H3. The second kappa shape index (κ2) is 4.89. The Bertz CT molecular complexity index is 297. The van der Waals surface area contributed by atoms with Crippen LogP contribution in [0.4, 0.5) is 0 Å². The predicted molar refractivity (Wildman–Crippen MR) is 54.7 cm³/mol. The maximum Gasteiger partial charge on any atom is 0.0628 e. The third-order valence-electron chi connectivity index (χ3n) is 2.17. The average Bonchev–Trinajstić information content (AvgIpc) is 2.16. The van der Waals surface area contributed by atoms with Crippen molar-refractivity contribution in [2.24, 2.45) is 0 Å². The lowest BCUT2D eigenvalue weighted by Crippen LogP contribution is -1.95. The number of hydrogen-bond acceptors (Lipinski definition) is 1. The van der Waals surface area contributed by atoms with Crippen LogP contribution >= 0.6 is 11.6 Å². The first-order valence-corrected chi connectivity index (χ1v) is 4.78. The normalized spacial score (nSPS) is 12.1. The Morgan fingerprint density at radius 1 is 1.38 bits per heavy atom. The van der Waals surface area contributed by atoms with Crippen molar-refractivity contribution in [1.29, 1.82) is 5.26 Å². The third kappa shape index (κ3) is 2.75. The third-order valence-corrected chi connectivity index (χ3v) is 2.42. The summed E-state index contributed by atoms with van der Waals surface area (Å²) in [6.45, 7) is 2.09. The lowest BCUT2D eigenvalue weighted by Gasteiger charge is -2.10. The van der Waals surface area contributed by atoms with E-state index in [9.17, 15) is 0 Å². The van der Waals surface area contributed by atoms with E-state index in [4.69, 9.17) is 16.9 Å². The first kappa shape index (κ1) is 10.1. The zero-order chi connectivity index (χ0) is 9.68. The molecule has 0 aliphatic heterocycles. The summed E-state index contributed by atoms with van der Waals surface area (Å²) in [6, 6.07) is 9.93. The summed E-state index contributed by atoms with van der Waals surface area (Å²) < 4.78 is 0. The molecule has 0 aromatic heterocycles. The summed E-state index contributed by atoms with van der Waals surface area (Å²) in [5.74, 6) is 0.349. The maximum absolute atomic E-state index is 8.61. The quantitative estimate of drug-likeness (QED) is 0.718. The number of nitrogens with zero attached hydrogens (tertiary/aromatic N) is 1. The van der Waals surface area contributed by atoms with E-state index in [0.29, 0.717) is 12.3 Å². The molecule has 1 nitrogen and oxygen atoms in total. The highest BCUT2D eigenvalue weighted by Gasteiger charge is 2.07. The second-order valence-corrected chi connectivity index (χ2v) is 3.46. The summed E-state index contributed by atoms with van der Waals surface area (Å²) in [5.41, 5.74) is 1.20. The van der Waals surface area contributed by atoms with Crippen molar-refractivity contribution in [2.75, 3.05) is 0 Å². The van der Waals surface area contributed by atoms with Gasteiger partial charge in [0.15, 0.2) is 0 Å². The van der Waals surface area contributed by atoms with Gasteiger partial charge >= 0.3 is 0 Å². The average molecular weight is 194 g/mol. The van der Waals surface area contributed by atoms with E-state index in [2.05, 4.69) is 13.0 Å². The number of hydrogen-bond donors (Lipinski definition) is 0. The van der Waals surface area contributed by atoms with Crippen LogP contribution in [0.2, 0.25) is 5.02 Å². The van der Waals surface area contributed by atoms with E-state index in [0.717, 1.165) is 11.4 Å².